The van der Waals surface area contributed by atoms with Crippen molar-refractivity contribution in [1.29, 1.82) is 0 Å². The summed E-state index contributed by atoms with van der Waals surface area (Å²) in [4.78, 5) is 8.64. The average molecular weight is 347 g/mol. The predicted octanol–water partition coefficient (Wildman–Crippen LogP) is 2.84. The van der Waals surface area contributed by atoms with Crippen LogP contribution in [0.4, 0.5) is 5.82 Å². The summed E-state index contributed by atoms with van der Waals surface area (Å²) in [7, 11) is 1.88. The standard InChI is InChI=1S/C19H21N7/c1-13-16(14(2)26(24-13)11-15-7-5-4-6-8-15)9-20-18-17-10-23-25(3)19(17)22-12-21-18/h4-8,10,12H,9,11H2,1-3H3,(H,20,21,22). The van der Waals surface area contributed by atoms with Crippen molar-refractivity contribution in [2.45, 2.75) is 26.9 Å². The van der Waals surface area contributed by atoms with Gasteiger partial charge in [-0.2, -0.15) is 10.2 Å². The van der Waals surface area contributed by atoms with Crippen molar-refractivity contribution in [3.63, 3.8) is 0 Å². The number of aromatic nitrogens is 6. The van der Waals surface area contributed by atoms with Crippen LogP contribution in [-0.4, -0.2) is 29.5 Å². The van der Waals surface area contributed by atoms with Gasteiger partial charge in [0.25, 0.3) is 0 Å². The number of benzene rings is 1. The highest BCUT2D eigenvalue weighted by Gasteiger charge is 2.13. The van der Waals surface area contributed by atoms with E-state index in [4.69, 9.17) is 5.10 Å². The van der Waals surface area contributed by atoms with Crippen molar-refractivity contribution < 1.29 is 0 Å². The fraction of sp³-hybridized carbons (Fsp3) is 0.263. The van der Waals surface area contributed by atoms with Gasteiger partial charge in [0.05, 0.1) is 23.8 Å². The molecule has 0 saturated heterocycles. The fourth-order valence-electron chi connectivity index (χ4n) is 3.18. The maximum absolute atomic E-state index is 4.71. The SMILES string of the molecule is Cc1nn(Cc2ccccc2)c(C)c1CNc1ncnc2c1cnn2C. The first-order chi connectivity index (χ1) is 12.6. The molecule has 3 heterocycles. The summed E-state index contributed by atoms with van der Waals surface area (Å²) in [5, 5.41) is 13.3. The van der Waals surface area contributed by atoms with Crippen molar-refractivity contribution in [2.75, 3.05) is 5.32 Å². The van der Waals surface area contributed by atoms with Crippen molar-refractivity contribution in [1.82, 2.24) is 29.5 Å². The Kier molecular flexibility index (Phi) is 4.12. The maximum Gasteiger partial charge on any atom is 0.163 e. The lowest BCUT2D eigenvalue weighted by atomic mass is 10.2. The normalized spacial score (nSPS) is 11.2. The molecule has 0 saturated carbocycles. The molecule has 0 aliphatic carbocycles. The third kappa shape index (κ3) is 2.92. The Bertz CT molecular complexity index is 1050. The Balaban J connectivity index is 1.57. The molecule has 0 atom stereocenters. The molecular formula is C19H21N7. The molecule has 0 amide bonds. The second-order valence-corrected chi connectivity index (χ2v) is 6.37. The van der Waals surface area contributed by atoms with Crippen LogP contribution in [0, 0.1) is 13.8 Å². The van der Waals surface area contributed by atoms with Crippen molar-refractivity contribution in [3.05, 3.63) is 65.4 Å². The maximum atomic E-state index is 4.71. The first kappa shape index (κ1) is 16.3. The summed E-state index contributed by atoms with van der Waals surface area (Å²) < 4.78 is 3.80. The lowest BCUT2D eigenvalue weighted by Crippen LogP contribution is -2.06. The Hall–Kier alpha value is -3.22. The number of nitrogens with one attached hydrogen (secondary N) is 1. The van der Waals surface area contributed by atoms with Gasteiger partial charge in [0, 0.05) is 24.8 Å². The summed E-state index contributed by atoms with van der Waals surface area (Å²) >= 11 is 0. The molecule has 1 N–H and O–H groups in total. The molecule has 0 bridgehead atoms. The topological polar surface area (TPSA) is 73.5 Å². The molecule has 0 radical (unpaired) electrons. The van der Waals surface area contributed by atoms with E-state index in [1.165, 1.54) is 11.1 Å². The van der Waals surface area contributed by atoms with E-state index in [2.05, 4.69) is 56.3 Å². The molecule has 4 aromatic rings. The zero-order chi connectivity index (χ0) is 18.1. The van der Waals surface area contributed by atoms with E-state index in [1.54, 1.807) is 17.2 Å². The lowest BCUT2D eigenvalue weighted by molar-refractivity contribution is 0.658. The molecular weight excluding hydrogens is 326 g/mol. The number of nitrogens with zero attached hydrogens (tertiary/aromatic N) is 6. The molecule has 3 aromatic heterocycles. The molecule has 0 fully saturated rings. The van der Waals surface area contributed by atoms with Crippen molar-refractivity contribution >= 4 is 16.9 Å². The van der Waals surface area contributed by atoms with Crippen LogP contribution in [0.25, 0.3) is 11.0 Å². The van der Waals surface area contributed by atoms with Gasteiger partial charge in [-0.05, 0) is 19.4 Å². The minimum Gasteiger partial charge on any atom is -0.365 e. The number of hydrogen-bond acceptors (Lipinski definition) is 5. The van der Waals surface area contributed by atoms with Gasteiger partial charge in [-0.15, -0.1) is 0 Å². The van der Waals surface area contributed by atoms with Crippen molar-refractivity contribution in [3.8, 4) is 0 Å². The molecule has 132 valence electrons. The Morgan fingerprint density at radius 2 is 1.88 bits per heavy atom. The second kappa shape index (κ2) is 6.59. The smallest absolute Gasteiger partial charge is 0.163 e. The van der Waals surface area contributed by atoms with Gasteiger partial charge in [0.2, 0.25) is 0 Å². The van der Waals surface area contributed by atoms with Gasteiger partial charge in [-0.1, -0.05) is 30.3 Å². The van der Waals surface area contributed by atoms with E-state index in [1.807, 2.05) is 20.0 Å². The highest BCUT2D eigenvalue weighted by atomic mass is 15.3. The molecule has 26 heavy (non-hydrogen) atoms. The minimum atomic E-state index is 0.660. The largest absolute Gasteiger partial charge is 0.365 e. The first-order valence-electron chi connectivity index (χ1n) is 8.57. The summed E-state index contributed by atoms with van der Waals surface area (Å²) in [5.41, 5.74) is 5.44. The van der Waals surface area contributed by atoms with Gasteiger partial charge in [-0.25, -0.2) is 9.97 Å². The number of fused-ring (bicyclic) bond motifs is 1. The highest BCUT2D eigenvalue weighted by Crippen LogP contribution is 2.21. The van der Waals surface area contributed by atoms with Gasteiger partial charge in [-0.3, -0.25) is 9.36 Å². The van der Waals surface area contributed by atoms with Crippen LogP contribution in [-0.2, 0) is 20.1 Å². The van der Waals surface area contributed by atoms with E-state index >= 15 is 0 Å². The van der Waals surface area contributed by atoms with E-state index in [0.29, 0.717) is 6.54 Å². The van der Waals surface area contributed by atoms with E-state index in [-0.39, 0.29) is 0 Å². The summed E-state index contributed by atoms with van der Waals surface area (Å²) in [6.07, 6.45) is 3.35. The molecule has 0 aliphatic heterocycles. The monoisotopic (exact) mass is 347 g/mol. The van der Waals surface area contributed by atoms with Crippen LogP contribution in [0.5, 0.6) is 0 Å². The zero-order valence-corrected chi connectivity index (χ0v) is 15.1. The quantitative estimate of drug-likeness (QED) is 0.601. The van der Waals surface area contributed by atoms with Crippen LogP contribution in [0.15, 0.2) is 42.9 Å². The van der Waals surface area contributed by atoms with Crippen molar-refractivity contribution in [2.24, 2.45) is 7.05 Å². The molecule has 0 spiro atoms. The summed E-state index contributed by atoms with van der Waals surface area (Å²) in [6, 6.07) is 10.4. The van der Waals surface area contributed by atoms with Gasteiger partial charge >= 0.3 is 0 Å². The predicted molar refractivity (Wildman–Crippen MR) is 101 cm³/mol. The Labute approximate surface area is 151 Å². The van der Waals surface area contributed by atoms with Crippen LogP contribution in [0.3, 0.4) is 0 Å². The molecule has 4 rings (SSSR count). The molecule has 0 aliphatic rings. The molecule has 0 unspecified atom stereocenters. The van der Waals surface area contributed by atoms with Crippen LogP contribution < -0.4 is 5.32 Å². The third-order valence-electron chi connectivity index (χ3n) is 4.67. The third-order valence-corrected chi connectivity index (χ3v) is 4.67. The van der Waals surface area contributed by atoms with E-state index < -0.39 is 0 Å². The Morgan fingerprint density at radius 1 is 1.08 bits per heavy atom. The minimum absolute atomic E-state index is 0.660. The summed E-state index contributed by atoms with van der Waals surface area (Å²) in [5.74, 6) is 0.790. The lowest BCUT2D eigenvalue weighted by Gasteiger charge is -2.08. The molecule has 7 heteroatoms. The summed E-state index contributed by atoms with van der Waals surface area (Å²) in [6.45, 7) is 5.59. The number of anilines is 1. The molecule has 1 aromatic carbocycles. The van der Waals surface area contributed by atoms with E-state index in [0.717, 1.165) is 34.8 Å². The molecule has 7 nitrogen and oxygen atoms in total. The average Bonchev–Trinajstić information content (AvgIpc) is 3.15. The van der Waals surface area contributed by atoms with Crippen LogP contribution in [0.2, 0.25) is 0 Å². The van der Waals surface area contributed by atoms with E-state index in [9.17, 15) is 0 Å². The van der Waals surface area contributed by atoms with Crippen LogP contribution >= 0.6 is 0 Å². The number of rotatable bonds is 5. The van der Waals surface area contributed by atoms with Crippen LogP contribution in [0.1, 0.15) is 22.5 Å². The Morgan fingerprint density at radius 3 is 2.69 bits per heavy atom. The number of hydrogen-bond donors (Lipinski definition) is 1. The zero-order valence-electron chi connectivity index (χ0n) is 15.1. The first-order valence-corrected chi connectivity index (χ1v) is 8.57. The van der Waals surface area contributed by atoms with Gasteiger partial charge in [0.1, 0.15) is 12.1 Å². The fourth-order valence-corrected chi connectivity index (χ4v) is 3.18. The van der Waals surface area contributed by atoms with Gasteiger partial charge in [0.15, 0.2) is 5.65 Å². The number of aryl methyl sites for hydroxylation is 2. The second-order valence-electron chi connectivity index (χ2n) is 6.37. The highest BCUT2D eigenvalue weighted by molar-refractivity contribution is 5.85. The van der Waals surface area contributed by atoms with Gasteiger partial charge < -0.3 is 5.32 Å².